The molecule has 2 N–H and O–H groups in total. The number of carbonyl (C=O) groups is 1. The number of ether oxygens (including phenoxy) is 2. The highest BCUT2D eigenvalue weighted by Crippen LogP contribution is 2.26. The molecule has 0 radical (unpaired) electrons. The molecular weight excluding hydrogens is 489 g/mol. The molecule has 2 aromatic heterocycles. The van der Waals surface area contributed by atoms with E-state index in [2.05, 4.69) is 20.5 Å². The van der Waals surface area contributed by atoms with E-state index in [1.165, 1.54) is 24.3 Å². The van der Waals surface area contributed by atoms with Crippen LogP contribution in [0.25, 0.3) is 16.7 Å². The summed E-state index contributed by atoms with van der Waals surface area (Å²) in [7, 11) is 0. The second-order valence-electron chi connectivity index (χ2n) is 8.95. The summed E-state index contributed by atoms with van der Waals surface area (Å²) in [6, 6.07) is 14.0. The number of fused-ring (bicyclic) bond motifs is 1. The van der Waals surface area contributed by atoms with Gasteiger partial charge in [-0.1, -0.05) is 0 Å². The fourth-order valence-corrected chi connectivity index (χ4v) is 4.35. The number of aromatic nitrogens is 2. The van der Waals surface area contributed by atoms with E-state index in [0.29, 0.717) is 48.8 Å². The van der Waals surface area contributed by atoms with Crippen molar-refractivity contribution in [3.8, 4) is 11.4 Å². The summed E-state index contributed by atoms with van der Waals surface area (Å²) in [4.78, 5) is 31.6. The number of hydrogen-bond acceptors (Lipinski definition) is 6. The molecule has 196 valence electrons. The van der Waals surface area contributed by atoms with E-state index < -0.39 is 11.8 Å². The van der Waals surface area contributed by atoms with Crippen LogP contribution < -0.4 is 20.8 Å². The number of rotatable bonds is 7. The summed E-state index contributed by atoms with van der Waals surface area (Å²) in [6.45, 7) is 5.94. The molecule has 5 rings (SSSR count). The second-order valence-corrected chi connectivity index (χ2v) is 8.95. The van der Waals surface area contributed by atoms with Crippen molar-refractivity contribution in [2.75, 3.05) is 50.1 Å². The maximum Gasteiger partial charge on any atom is 0.323 e. The first-order valence-corrected chi connectivity index (χ1v) is 12.4. The predicted molar refractivity (Wildman–Crippen MR) is 144 cm³/mol. The number of amides is 2. The lowest BCUT2D eigenvalue weighted by atomic mass is 10.1. The van der Waals surface area contributed by atoms with Crippen molar-refractivity contribution in [2.45, 2.75) is 6.92 Å². The van der Waals surface area contributed by atoms with Crippen molar-refractivity contribution in [3.05, 3.63) is 88.6 Å². The zero-order valence-corrected chi connectivity index (χ0v) is 20.9. The van der Waals surface area contributed by atoms with Crippen LogP contribution >= 0.6 is 0 Å². The van der Waals surface area contributed by atoms with Crippen LogP contribution in [-0.2, 0) is 4.74 Å². The van der Waals surface area contributed by atoms with Gasteiger partial charge in [0.25, 0.3) is 0 Å². The molecule has 1 aliphatic heterocycles. The van der Waals surface area contributed by atoms with Crippen LogP contribution in [0.4, 0.5) is 20.6 Å². The van der Waals surface area contributed by atoms with Crippen molar-refractivity contribution in [1.82, 2.24) is 14.5 Å². The topological polar surface area (TPSA) is 97.7 Å². The summed E-state index contributed by atoms with van der Waals surface area (Å²) in [5.74, 6) is -0.190. The van der Waals surface area contributed by atoms with Gasteiger partial charge in [0.05, 0.1) is 24.3 Å². The van der Waals surface area contributed by atoms with Crippen molar-refractivity contribution in [2.24, 2.45) is 0 Å². The monoisotopic (exact) mass is 517 g/mol. The summed E-state index contributed by atoms with van der Waals surface area (Å²) < 4.78 is 26.8. The third-order valence-electron chi connectivity index (χ3n) is 6.35. The largest absolute Gasteiger partial charge is 0.490 e. The van der Waals surface area contributed by atoms with Gasteiger partial charge in [0.1, 0.15) is 23.8 Å². The van der Waals surface area contributed by atoms with E-state index in [-0.39, 0.29) is 11.2 Å². The summed E-state index contributed by atoms with van der Waals surface area (Å²) >= 11 is 0. The van der Waals surface area contributed by atoms with Crippen LogP contribution in [0.5, 0.6) is 5.75 Å². The number of anilines is 2. The molecule has 1 saturated heterocycles. The number of aryl methyl sites for hydroxylation is 1. The van der Waals surface area contributed by atoms with Gasteiger partial charge in [0.15, 0.2) is 5.43 Å². The number of morpholine rings is 1. The van der Waals surface area contributed by atoms with Gasteiger partial charge in [0.2, 0.25) is 0 Å². The third kappa shape index (κ3) is 5.82. The van der Waals surface area contributed by atoms with Gasteiger partial charge in [-0.05, 0) is 55.0 Å². The standard InChI is InChI=1S/C28H28FN5O4/c1-19-8-10-30-27-26(19)24(35)9-11-34(27)22-5-3-21(4-6-22)31-28(36)32-23-7-2-20(29)18-25(23)38-17-14-33-12-15-37-16-13-33/h2-11,18H,12-17H2,1H3,(H2,31,32,36). The third-order valence-corrected chi connectivity index (χ3v) is 6.35. The first-order valence-electron chi connectivity index (χ1n) is 12.4. The minimum absolute atomic E-state index is 0.0814. The van der Waals surface area contributed by atoms with Crippen molar-refractivity contribution in [3.63, 3.8) is 0 Å². The van der Waals surface area contributed by atoms with Gasteiger partial charge >= 0.3 is 6.03 Å². The SMILES string of the molecule is Cc1ccnc2c1c(=O)ccn2-c1ccc(NC(=O)Nc2ccc(F)cc2OCCN2CCOCC2)cc1. The van der Waals surface area contributed by atoms with E-state index in [0.717, 1.165) is 24.3 Å². The molecule has 2 aromatic carbocycles. The quantitative estimate of drug-likeness (QED) is 0.382. The highest BCUT2D eigenvalue weighted by atomic mass is 19.1. The first-order chi connectivity index (χ1) is 18.5. The van der Waals surface area contributed by atoms with E-state index in [1.54, 1.807) is 30.6 Å². The number of benzene rings is 2. The lowest BCUT2D eigenvalue weighted by molar-refractivity contribution is 0.0323. The van der Waals surface area contributed by atoms with Crippen LogP contribution in [-0.4, -0.2) is 59.9 Å². The normalized spacial score (nSPS) is 13.8. The van der Waals surface area contributed by atoms with Gasteiger partial charge in [0, 0.05) is 55.5 Å². The van der Waals surface area contributed by atoms with Crippen molar-refractivity contribution in [1.29, 1.82) is 0 Å². The average Bonchev–Trinajstić information content (AvgIpc) is 2.92. The molecule has 0 saturated carbocycles. The smallest absolute Gasteiger partial charge is 0.323 e. The molecule has 9 nitrogen and oxygen atoms in total. The number of nitrogens with zero attached hydrogens (tertiary/aromatic N) is 3. The fraction of sp³-hybridized carbons (Fsp3) is 0.250. The Kier molecular flexibility index (Phi) is 7.62. The van der Waals surface area contributed by atoms with Crippen LogP contribution in [0.3, 0.4) is 0 Å². The van der Waals surface area contributed by atoms with Crippen LogP contribution in [0.1, 0.15) is 5.56 Å². The number of carbonyl (C=O) groups excluding carboxylic acids is 1. The Balaban J connectivity index is 1.24. The van der Waals surface area contributed by atoms with Crippen molar-refractivity contribution < 1.29 is 18.7 Å². The molecule has 0 unspecified atom stereocenters. The van der Waals surface area contributed by atoms with Gasteiger partial charge in [-0.15, -0.1) is 0 Å². The Morgan fingerprint density at radius 3 is 2.66 bits per heavy atom. The molecule has 1 aliphatic rings. The Hall–Kier alpha value is -4.28. The van der Waals surface area contributed by atoms with Gasteiger partial charge in [-0.25, -0.2) is 14.2 Å². The van der Waals surface area contributed by atoms with Crippen LogP contribution in [0.2, 0.25) is 0 Å². The number of halogens is 1. The van der Waals surface area contributed by atoms with E-state index in [4.69, 9.17) is 9.47 Å². The number of hydrogen-bond donors (Lipinski definition) is 2. The van der Waals surface area contributed by atoms with E-state index in [9.17, 15) is 14.0 Å². The summed E-state index contributed by atoms with van der Waals surface area (Å²) in [5.41, 5.74) is 3.04. The Bertz CT molecular complexity index is 1500. The molecule has 0 atom stereocenters. The maximum atomic E-state index is 13.9. The number of pyridine rings is 2. The van der Waals surface area contributed by atoms with Crippen molar-refractivity contribution >= 4 is 28.4 Å². The molecule has 10 heteroatoms. The molecule has 0 bridgehead atoms. The molecule has 4 aromatic rings. The lowest BCUT2D eigenvalue weighted by Gasteiger charge is -2.26. The summed E-state index contributed by atoms with van der Waals surface area (Å²) in [6.07, 6.45) is 3.35. The average molecular weight is 518 g/mol. The predicted octanol–water partition coefficient (Wildman–Crippen LogP) is 4.19. The van der Waals surface area contributed by atoms with Gasteiger partial charge < -0.3 is 24.7 Å². The zero-order chi connectivity index (χ0) is 26.5. The Labute approximate surface area is 218 Å². The Morgan fingerprint density at radius 1 is 1.08 bits per heavy atom. The van der Waals surface area contributed by atoms with Crippen LogP contribution in [0.15, 0.2) is 71.8 Å². The number of urea groups is 1. The summed E-state index contributed by atoms with van der Waals surface area (Å²) in [5, 5.41) is 6.08. The maximum absolute atomic E-state index is 13.9. The molecule has 0 aliphatic carbocycles. The zero-order valence-electron chi connectivity index (χ0n) is 20.9. The second kappa shape index (κ2) is 11.4. The van der Waals surface area contributed by atoms with Gasteiger partial charge in [-0.3, -0.25) is 9.69 Å². The molecule has 3 heterocycles. The fourth-order valence-electron chi connectivity index (χ4n) is 4.35. The Morgan fingerprint density at radius 2 is 1.87 bits per heavy atom. The van der Waals surface area contributed by atoms with E-state index in [1.807, 2.05) is 23.6 Å². The van der Waals surface area contributed by atoms with Gasteiger partial charge in [-0.2, -0.15) is 0 Å². The molecule has 1 fully saturated rings. The highest BCUT2D eigenvalue weighted by molar-refractivity contribution is 6.00. The van der Waals surface area contributed by atoms with E-state index >= 15 is 0 Å². The minimum Gasteiger partial charge on any atom is -0.490 e. The molecular formula is C28H28FN5O4. The lowest BCUT2D eigenvalue weighted by Crippen LogP contribution is -2.38. The number of nitrogens with one attached hydrogen (secondary N) is 2. The molecule has 2 amide bonds. The molecule has 38 heavy (non-hydrogen) atoms. The highest BCUT2D eigenvalue weighted by Gasteiger charge is 2.13. The first kappa shape index (κ1) is 25.4. The molecule has 0 spiro atoms. The minimum atomic E-state index is -0.492. The van der Waals surface area contributed by atoms with Crippen LogP contribution in [0, 0.1) is 12.7 Å².